The number of hydrogen-bond acceptors (Lipinski definition) is 5. The van der Waals surface area contributed by atoms with Gasteiger partial charge in [-0.3, -0.25) is 5.10 Å². The van der Waals surface area contributed by atoms with E-state index < -0.39 is 0 Å². The number of aromatic nitrogens is 6. The van der Waals surface area contributed by atoms with Crippen LogP contribution in [0, 0.1) is 13.8 Å². The van der Waals surface area contributed by atoms with Gasteiger partial charge in [0, 0.05) is 17.8 Å². The van der Waals surface area contributed by atoms with Gasteiger partial charge in [-0.2, -0.15) is 14.7 Å². The molecule has 22 heavy (non-hydrogen) atoms. The molecule has 0 saturated heterocycles. The molecule has 3 rings (SSSR count). The van der Waals surface area contributed by atoms with Crippen LogP contribution in [0.2, 0.25) is 0 Å². The SMILES string of the molecule is Cc1cc2nc(C(C)C)cc(NC(C)c3n[nH]c(C)n3)n2n1. The molecule has 0 amide bonds. The lowest BCUT2D eigenvalue weighted by Gasteiger charge is -2.15. The highest BCUT2D eigenvalue weighted by molar-refractivity contribution is 5.51. The van der Waals surface area contributed by atoms with Crippen molar-refractivity contribution < 1.29 is 0 Å². The van der Waals surface area contributed by atoms with E-state index in [9.17, 15) is 0 Å². The summed E-state index contributed by atoms with van der Waals surface area (Å²) in [5, 5.41) is 15.0. The summed E-state index contributed by atoms with van der Waals surface area (Å²) in [6, 6.07) is 4.00. The number of anilines is 1. The van der Waals surface area contributed by atoms with Crippen LogP contribution in [0.5, 0.6) is 0 Å². The summed E-state index contributed by atoms with van der Waals surface area (Å²) in [6.07, 6.45) is 0. The molecule has 0 bridgehead atoms. The fourth-order valence-corrected chi connectivity index (χ4v) is 2.35. The van der Waals surface area contributed by atoms with E-state index in [1.807, 2.05) is 37.4 Å². The largest absolute Gasteiger partial charge is 0.360 e. The first kappa shape index (κ1) is 14.5. The maximum atomic E-state index is 4.66. The molecular formula is C15H21N7. The second-order valence-corrected chi connectivity index (χ2v) is 5.92. The standard InChI is InChI=1S/C15H21N7/c1-8(2)12-7-14(22-13(18-12)6-9(3)21-22)16-10(4)15-17-11(5)19-20-15/h6-8,10,16H,1-5H3,(H,17,19,20). The Labute approximate surface area is 129 Å². The Bertz CT molecular complexity index is 799. The summed E-state index contributed by atoms with van der Waals surface area (Å²) in [7, 11) is 0. The number of hydrogen-bond donors (Lipinski definition) is 2. The van der Waals surface area contributed by atoms with E-state index >= 15 is 0 Å². The van der Waals surface area contributed by atoms with E-state index in [1.54, 1.807) is 0 Å². The first-order chi connectivity index (χ1) is 10.4. The Morgan fingerprint density at radius 2 is 1.91 bits per heavy atom. The fraction of sp³-hybridized carbons (Fsp3) is 0.467. The fourth-order valence-electron chi connectivity index (χ4n) is 2.35. The Hall–Kier alpha value is -2.44. The number of aromatic amines is 1. The Balaban J connectivity index is 2.01. The van der Waals surface area contributed by atoms with Gasteiger partial charge in [-0.1, -0.05) is 13.8 Å². The van der Waals surface area contributed by atoms with Crippen molar-refractivity contribution in [1.82, 2.24) is 29.8 Å². The van der Waals surface area contributed by atoms with Gasteiger partial charge >= 0.3 is 0 Å². The lowest BCUT2D eigenvalue weighted by atomic mass is 10.1. The van der Waals surface area contributed by atoms with Crippen molar-refractivity contribution in [2.24, 2.45) is 0 Å². The van der Waals surface area contributed by atoms with Crippen molar-refractivity contribution >= 4 is 11.5 Å². The van der Waals surface area contributed by atoms with E-state index in [4.69, 9.17) is 0 Å². The van der Waals surface area contributed by atoms with Gasteiger partial charge in [0.1, 0.15) is 11.6 Å². The predicted octanol–water partition coefficient (Wildman–Crippen LogP) is 2.76. The summed E-state index contributed by atoms with van der Waals surface area (Å²) in [4.78, 5) is 9.04. The third kappa shape index (κ3) is 2.66. The molecule has 1 atom stereocenters. The molecule has 0 aliphatic carbocycles. The van der Waals surface area contributed by atoms with Crippen LogP contribution in [-0.2, 0) is 0 Å². The summed E-state index contributed by atoms with van der Waals surface area (Å²) >= 11 is 0. The Morgan fingerprint density at radius 1 is 1.14 bits per heavy atom. The van der Waals surface area contributed by atoms with Crippen LogP contribution in [0.25, 0.3) is 5.65 Å². The van der Waals surface area contributed by atoms with Crippen LogP contribution in [0.4, 0.5) is 5.82 Å². The molecule has 7 nitrogen and oxygen atoms in total. The van der Waals surface area contributed by atoms with Crippen molar-refractivity contribution in [3.8, 4) is 0 Å². The summed E-state index contributed by atoms with van der Waals surface area (Å²) in [6.45, 7) is 10.2. The summed E-state index contributed by atoms with van der Waals surface area (Å²) in [5.74, 6) is 2.79. The van der Waals surface area contributed by atoms with E-state index in [1.165, 1.54) is 0 Å². The van der Waals surface area contributed by atoms with Gasteiger partial charge in [0.15, 0.2) is 11.5 Å². The number of rotatable bonds is 4. The van der Waals surface area contributed by atoms with Crippen molar-refractivity contribution in [3.63, 3.8) is 0 Å². The molecule has 7 heteroatoms. The average molecular weight is 299 g/mol. The van der Waals surface area contributed by atoms with Gasteiger partial charge < -0.3 is 5.32 Å². The van der Waals surface area contributed by atoms with Crippen LogP contribution in [0.1, 0.15) is 55.8 Å². The van der Waals surface area contributed by atoms with Crippen molar-refractivity contribution in [3.05, 3.63) is 35.2 Å². The zero-order valence-corrected chi connectivity index (χ0v) is 13.5. The summed E-state index contributed by atoms with van der Waals surface area (Å²) < 4.78 is 1.83. The van der Waals surface area contributed by atoms with Gasteiger partial charge in [-0.15, -0.1) is 0 Å². The summed E-state index contributed by atoms with van der Waals surface area (Å²) in [5.41, 5.74) is 2.83. The quantitative estimate of drug-likeness (QED) is 0.774. The minimum Gasteiger partial charge on any atom is -0.360 e. The molecule has 1 unspecified atom stereocenters. The molecule has 3 aromatic rings. The normalized spacial score (nSPS) is 13.0. The molecule has 0 aliphatic rings. The smallest absolute Gasteiger partial charge is 0.172 e. The number of nitrogens with zero attached hydrogens (tertiary/aromatic N) is 5. The second kappa shape index (κ2) is 5.40. The first-order valence-electron chi connectivity index (χ1n) is 7.47. The number of fused-ring (bicyclic) bond motifs is 1. The van der Waals surface area contributed by atoms with Crippen LogP contribution < -0.4 is 5.32 Å². The lowest BCUT2D eigenvalue weighted by Crippen LogP contribution is -2.13. The molecule has 0 saturated carbocycles. The molecule has 3 aromatic heterocycles. The van der Waals surface area contributed by atoms with Crippen LogP contribution in [0.3, 0.4) is 0 Å². The van der Waals surface area contributed by atoms with Crippen molar-refractivity contribution in [1.29, 1.82) is 0 Å². The van der Waals surface area contributed by atoms with Gasteiger partial charge in [0.2, 0.25) is 0 Å². The molecule has 0 aliphatic heterocycles. The topological polar surface area (TPSA) is 83.8 Å². The van der Waals surface area contributed by atoms with E-state index in [0.717, 1.165) is 34.5 Å². The third-order valence-electron chi connectivity index (χ3n) is 3.53. The van der Waals surface area contributed by atoms with Crippen molar-refractivity contribution in [2.45, 2.75) is 46.6 Å². The monoisotopic (exact) mass is 299 g/mol. The third-order valence-corrected chi connectivity index (χ3v) is 3.53. The minimum atomic E-state index is -0.0277. The minimum absolute atomic E-state index is 0.0277. The first-order valence-corrected chi connectivity index (χ1v) is 7.47. The number of nitrogens with one attached hydrogen (secondary N) is 2. The van der Waals surface area contributed by atoms with Crippen LogP contribution in [-0.4, -0.2) is 29.8 Å². The number of aryl methyl sites for hydroxylation is 2. The van der Waals surface area contributed by atoms with Crippen LogP contribution >= 0.6 is 0 Å². The van der Waals surface area contributed by atoms with Gasteiger partial charge in [-0.05, 0) is 26.7 Å². The molecule has 0 fully saturated rings. The molecule has 0 radical (unpaired) electrons. The molecule has 116 valence electrons. The molecular weight excluding hydrogens is 278 g/mol. The molecule has 0 aromatic carbocycles. The van der Waals surface area contributed by atoms with Crippen LogP contribution in [0.15, 0.2) is 12.1 Å². The highest BCUT2D eigenvalue weighted by atomic mass is 15.3. The molecule has 3 heterocycles. The maximum absolute atomic E-state index is 4.66. The highest BCUT2D eigenvalue weighted by Gasteiger charge is 2.15. The zero-order valence-electron chi connectivity index (χ0n) is 13.5. The highest BCUT2D eigenvalue weighted by Crippen LogP contribution is 2.22. The zero-order chi connectivity index (χ0) is 15.9. The molecule has 0 spiro atoms. The molecule has 2 N–H and O–H groups in total. The Morgan fingerprint density at radius 3 is 2.55 bits per heavy atom. The van der Waals surface area contributed by atoms with Gasteiger partial charge in [-0.25, -0.2) is 9.97 Å². The maximum Gasteiger partial charge on any atom is 0.172 e. The second-order valence-electron chi connectivity index (χ2n) is 5.92. The van der Waals surface area contributed by atoms with E-state index in [0.29, 0.717) is 5.92 Å². The van der Waals surface area contributed by atoms with Gasteiger partial charge in [0.25, 0.3) is 0 Å². The van der Waals surface area contributed by atoms with Gasteiger partial charge in [0.05, 0.1) is 11.7 Å². The van der Waals surface area contributed by atoms with E-state index in [-0.39, 0.29) is 6.04 Å². The van der Waals surface area contributed by atoms with E-state index in [2.05, 4.69) is 44.4 Å². The Kier molecular flexibility index (Phi) is 3.56. The predicted molar refractivity (Wildman–Crippen MR) is 85.0 cm³/mol. The van der Waals surface area contributed by atoms with Crippen molar-refractivity contribution in [2.75, 3.05) is 5.32 Å². The number of H-pyrrole nitrogens is 1. The lowest BCUT2D eigenvalue weighted by molar-refractivity contribution is 0.763. The average Bonchev–Trinajstić information content (AvgIpc) is 3.03.